The standard InChI is InChI=1S/C23H38N4O3/c1-5-24-23(27-13-12-20(17-27)18-30-15-14-29-4)25-16-19-8-10-21(11-9-19)22(28)26(6-2)7-3/h8-11,20H,5-7,12-18H2,1-4H3,(H,24,25). The number of rotatable bonds is 11. The van der Waals surface area contributed by atoms with Gasteiger partial charge < -0.3 is 24.6 Å². The number of benzene rings is 1. The number of guanidine groups is 1. The van der Waals surface area contributed by atoms with Crippen LogP contribution in [0.5, 0.6) is 0 Å². The molecule has 1 aromatic carbocycles. The number of hydrogen-bond acceptors (Lipinski definition) is 4. The Morgan fingerprint density at radius 2 is 1.93 bits per heavy atom. The summed E-state index contributed by atoms with van der Waals surface area (Å²) in [5, 5.41) is 3.41. The van der Waals surface area contributed by atoms with Crippen molar-refractivity contribution in [3.05, 3.63) is 35.4 Å². The van der Waals surface area contributed by atoms with E-state index in [1.807, 2.05) is 43.0 Å². The van der Waals surface area contributed by atoms with Crippen molar-refractivity contribution in [2.75, 3.05) is 59.7 Å². The first-order valence-electron chi connectivity index (χ1n) is 11.1. The second kappa shape index (κ2) is 13.2. The molecule has 2 rings (SSSR count). The summed E-state index contributed by atoms with van der Waals surface area (Å²) in [4.78, 5) is 21.4. The minimum absolute atomic E-state index is 0.0826. The number of methoxy groups -OCH3 is 1. The van der Waals surface area contributed by atoms with Crippen LogP contribution in [0.2, 0.25) is 0 Å². The third kappa shape index (κ3) is 7.29. The first kappa shape index (κ1) is 24.2. The van der Waals surface area contributed by atoms with Gasteiger partial charge in [-0.05, 0) is 44.9 Å². The van der Waals surface area contributed by atoms with E-state index < -0.39 is 0 Å². The molecule has 1 aliphatic heterocycles. The van der Waals surface area contributed by atoms with Crippen LogP contribution in [0.4, 0.5) is 0 Å². The number of carbonyl (C=O) groups excluding carboxylic acids is 1. The zero-order valence-corrected chi connectivity index (χ0v) is 19.0. The predicted octanol–water partition coefficient (Wildman–Crippen LogP) is 2.62. The second-order valence-electron chi connectivity index (χ2n) is 7.51. The zero-order valence-electron chi connectivity index (χ0n) is 19.0. The number of nitrogens with one attached hydrogen (secondary N) is 1. The van der Waals surface area contributed by atoms with Gasteiger partial charge in [0.15, 0.2) is 5.96 Å². The monoisotopic (exact) mass is 418 g/mol. The van der Waals surface area contributed by atoms with Crippen molar-refractivity contribution >= 4 is 11.9 Å². The Balaban J connectivity index is 1.92. The quantitative estimate of drug-likeness (QED) is 0.340. The predicted molar refractivity (Wildman–Crippen MR) is 121 cm³/mol. The van der Waals surface area contributed by atoms with E-state index >= 15 is 0 Å². The van der Waals surface area contributed by atoms with E-state index in [2.05, 4.69) is 17.1 Å². The summed E-state index contributed by atoms with van der Waals surface area (Å²) < 4.78 is 10.7. The molecular formula is C23H38N4O3. The Hall–Kier alpha value is -2.12. The zero-order chi connectivity index (χ0) is 21.8. The topological polar surface area (TPSA) is 66.4 Å². The van der Waals surface area contributed by atoms with Gasteiger partial charge in [0, 0.05) is 51.3 Å². The molecule has 0 saturated carbocycles. The van der Waals surface area contributed by atoms with Crippen LogP contribution < -0.4 is 5.32 Å². The SMILES string of the molecule is CCNC(=NCc1ccc(C(=O)N(CC)CC)cc1)N1CCC(COCCOC)C1. The van der Waals surface area contributed by atoms with Crippen LogP contribution in [0.15, 0.2) is 29.3 Å². The van der Waals surface area contributed by atoms with Gasteiger partial charge in [-0.1, -0.05) is 12.1 Å². The fourth-order valence-corrected chi connectivity index (χ4v) is 3.59. The summed E-state index contributed by atoms with van der Waals surface area (Å²) in [6, 6.07) is 7.81. The van der Waals surface area contributed by atoms with E-state index in [4.69, 9.17) is 14.5 Å². The molecule has 1 unspecified atom stereocenters. The molecule has 7 nitrogen and oxygen atoms in total. The van der Waals surface area contributed by atoms with Crippen LogP contribution >= 0.6 is 0 Å². The van der Waals surface area contributed by atoms with Crippen molar-refractivity contribution in [3.8, 4) is 0 Å². The summed E-state index contributed by atoms with van der Waals surface area (Å²) in [6.45, 7) is 13.0. The molecular weight excluding hydrogens is 380 g/mol. The van der Waals surface area contributed by atoms with Crippen LogP contribution in [0.1, 0.15) is 43.1 Å². The third-order valence-electron chi connectivity index (χ3n) is 5.37. The van der Waals surface area contributed by atoms with Crippen molar-refractivity contribution in [1.29, 1.82) is 0 Å². The van der Waals surface area contributed by atoms with Gasteiger partial charge in [-0.3, -0.25) is 4.79 Å². The Labute approximate surface area is 181 Å². The molecule has 168 valence electrons. The van der Waals surface area contributed by atoms with E-state index in [1.165, 1.54) is 0 Å². The van der Waals surface area contributed by atoms with Crippen molar-refractivity contribution in [1.82, 2.24) is 15.1 Å². The molecule has 7 heteroatoms. The first-order valence-corrected chi connectivity index (χ1v) is 11.1. The lowest BCUT2D eigenvalue weighted by Crippen LogP contribution is -2.40. The molecule has 1 atom stereocenters. The smallest absolute Gasteiger partial charge is 0.253 e. The van der Waals surface area contributed by atoms with Gasteiger partial charge in [0.1, 0.15) is 0 Å². The molecule has 1 saturated heterocycles. The molecule has 0 aliphatic carbocycles. The van der Waals surface area contributed by atoms with Gasteiger partial charge >= 0.3 is 0 Å². The van der Waals surface area contributed by atoms with Crippen molar-refractivity contribution in [3.63, 3.8) is 0 Å². The Bertz CT molecular complexity index is 659. The summed E-state index contributed by atoms with van der Waals surface area (Å²) in [7, 11) is 1.69. The summed E-state index contributed by atoms with van der Waals surface area (Å²) in [5.74, 6) is 1.55. The Morgan fingerprint density at radius 3 is 2.57 bits per heavy atom. The number of ether oxygens (including phenoxy) is 2. The fourth-order valence-electron chi connectivity index (χ4n) is 3.59. The van der Waals surface area contributed by atoms with Crippen molar-refractivity contribution in [2.45, 2.75) is 33.7 Å². The summed E-state index contributed by atoms with van der Waals surface area (Å²) in [6.07, 6.45) is 1.11. The number of aliphatic imine (C=N–C) groups is 1. The van der Waals surface area contributed by atoms with Crippen LogP contribution in [0.3, 0.4) is 0 Å². The largest absolute Gasteiger partial charge is 0.382 e. The lowest BCUT2D eigenvalue weighted by atomic mass is 10.1. The molecule has 0 radical (unpaired) electrons. The van der Waals surface area contributed by atoms with Gasteiger partial charge in [0.2, 0.25) is 0 Å². The normalized spacial score (nSPS) is 16.7. The van der Waals surface area contributed by atoms with Crippen molar-refractivity contribution in [2.24, 2.45) is 10.9 Å². The van der Waals surface area contributed by atoms with E-state index in [-0.39, 0.29) is 5.91 Å². The van der Waals surface area contributed by atoms with Gasteiger partial charge in [-0.25, -0.2) is 4.99 Å². The Kier molecular flexibility index (Phi) is 10.7. The summed E-state index contributed by atoms with van der Waals surface area (Å²) >= 11 is 0. The Morgan fingerprint density at radius 1 is 1.20 bits per heavy atom. The maximum Gasteiger partial charge on any atom is 0.253 e. The molecule has 1 aromatic rings. The van der Waals surface area contributed by atoms with E-state index in [1.54, 1.807) is 7.11 Å². The minimum atomic E-state index is 0.0826. The molecule has 0 aromatic heterocycles. The number of amides is 1. The highest BCUT2D eigenvalue weighted by atomic mass is 16.5. The minimum Gasteiger partial charge on any atom is -0.382 e. The van der Waals surface area contributed by atoms with Crippen LogP contribution in [-0.2, 0) is 16.0 Å². The molecule has 1 N–H and O–H groups in total. The van der Waals surface area contributed by atoms with E-state index in [9.17, 15) is 4.79 Å². The van der Waals surface area contributed by atoms with Crippen LogP contribution in [-0.4, -0.2) is 81.3 Å². The number of likely N-dealkylation sites (tertiary alicyclic amines) is 1. The number of carbonyl (C=O) groups is 1. The number of hydrogen-bond donors (Lipinski definition) is 1. The molecule has 0 spiro atoms. The maximum absolute atomic E-state index is 12.5. The van der Waals surface area contributed by atoms with E-state index in [0.29, 0.717) is 25.7 Å². The highest BCUT2D eigenvalue weighted by Crippen LogP contribution is 2.17. The van der Waals surface area contributed by atoms with E-state index in [0.717, 1.165) is 62.8 Å². The lowest BCUT2D eigenvalue weighted by molar-refractivity contribution is 0.0536. The highest BCUT2D eigenvalue weighted by molar-refractivity contribution is 5.94. The van der Waals surface area contributed by atoms with Crippen LogP contribution in [0.25, 0.3) is 0 Å². The van der Waals surface area contributed by atoms with Crippen molar-refractivity contribution < 1.29 is 14.3 Å². The van der Waals surface area contributed by atoms with Crippen LogP contribution in [0, 0.1) is 5.92 Å². The average Bonchev–Trinajstić information content (AvgIpc) is 3.24. The molecule has 1 amide bonds. The van der Waals surface area contributed by atoms with Gasteiger partial charge in [0.05, 0.1) is 26.4 Å². The first-order chi connectivity index (χ1) is 14.6. The number of nitrogens with zero attached hydrogens (tertiary/aromatic N) is 3. The average molecular weight is 419 g/mol. The third-order valence-corrected chi connectivity index (χ3v) is 5.37. The van der Waals surface area contributed by atoms with Gasteiger partial charge in [0.25, 0.3) is 5.91 Å². The van der Waals surface area contributed by atoms with Gasteiger partial charge in [-0.2, -0.15) is 0 Å². The molecule has 0 bridgehead atoms. The second-order valence-corrected chi connectivity index (χ2v) is 7.51. The highest BCUT2D eigenvalue weighted by Gasteiger charge is 2.25. The van der Waals surface area contributed by atoms with Gasteiger partial charge in [-0.15, -0.1) is 0 Å². The molecule has 1 fully saturated rings. The lowest BCUT2D eigenvalue weighted by Gasteiger charge is -2.22. The fraction of sp³-hybridized carbons (Fsp3) is 0.652. The molecule has 1 aliphatic rings. The molecule has 1 heterocycles. The maximum atomic E-state index is 12.5. The molecule has 30 heavy (non-hydrogen) atoms. The summed E-state index contributed by atoms with van der Waals surface area (Å²) in [5.41, 5.74) is 1.83.